The number of nitrogens with zero attached hydrogens (tertiary/aromatic N) is 1. The summed E-state index contributed by atoms with van der Waals surface area (Å²) in [5.41, 5.74) is 0.943. The molecule has 0 aliphatic heterocycles. The largest absolute Gasteiger partial charge is 0.344 e. The third kappa shape index (κ3) is 3.93. The lowest BCUT2D eigenvalue weighted by Gasteiger charge is -2.05. The highest BCUT2D eigenvalue weighted by Gasteiger charge is 2.11. The fourth-order valence-electron chi connectivity index (χ4n) is 1.40. The van der Waals surface area contributed by atoms with Crippen molar-refractivity contribution >= 4 is 23.4 Å². The van der Waals surface area contributed by atoms with Crippen LogP contribution in [0.25, 0.3) is 0 Å². The molecule has 0 atom stereocenters. The molecule has 0 aliphatic carbocycles. The molecule has 0 spiro atoms. The number of carbonyl (C=O) groups excluding carboxylic acids is 3. The van der Waals surface area contributed by atoms with E-state index in [1.165, 1.54) is 13.8 Å². The Balaban J connectivity index is 2.65. The Morgan fingerprint density at radius 1 is 1.17 bits per heavy atom. The van der Waals surface area contributed by atoms with Gasteiger partial charge in [-0.3, -0.25) is 14.4 Å². The van der Waals surface area contributed by atoms with Crippen molar-refractivity contribution in [3.63, 3.8) is 0 Å². The number of aromatic nitrogens is 1. The van der Waals surface area contributed by atoms with Crippen molar-refractivity contribution in [1.82, 2.24) is 15.2 Å². The maximum atomic E-state index is 11.8. The minimum Gasteiger partial charge on any atom is -0.344 e. The number of hydrogen-bond donors (Lipinski definition) is 3. The Morgan fingerprint density at radius 3 is 2.39 bits per heavy atom. The van der Waals surface area contributed by atoms with E-state index in [9.17, 15) is 14.4 Å². The molecule has 1 rings (SSSR count). The molecule has 18 heavy (non-hydrogen) atoms. The van der Waals surface area contributed by atoms with Crippen molar-refractivity contribution in [2.45, 2.75) is 13.8 Å². The van der Waals surface area contributed by atoms with Gasteiger partial charge in [-0.1, -0.05) is 0 Å². The van der Waals surface area contributed by atoms with Gasteiger partial charge in [0.1, 0.15) is 5.69 Å². The average Bonchev–Trinajstić information content (AvgIpc) is 2.57. The Bertz CT molecular complexity index is 479. The first-order chi connectivity index (χ1) is 8.40. The fourth-order valence-corrected chi connectivity index (χ4v) is 1.40. The van der Waals surface area contributed by atoms with E-state index < -0.39 is 0 Å². The number of hydrogen-bond acceptors (Lipinski definition) is 3. The third-order valence-electron chi connectivity index (χ3n) is 2.14. The molecule has 1 heterocycles. The summed E-state index contributed by atoms with van der Waals surface area (Å²) in [6.45, 7) is 2.82. The van der Waals surface area contributed by atoms with Crippen LogP contribution in [-0.4, -0.2) is 29.0 Å². The topological polar surface area (TPSA) is 92.2 Å². The molecule has 0 bridgehead atoms. The monoisotopic (exact) mass is 252 g/mol. The van der Waals surface area contributed by atoms with Gasteiger partial charge in [0.25, 0.3) is 5.91 Å². The Kier molecular flexibility index (Phi) is 4.47. The van der Waals surface area contributed by atoms with Gasteiger partial charge in [0.2, 0.25) is 11.8 Å². The van der Waals surface area contributed by atoms with Crippen molar-refractivity contribution in [3.8, 4) is 0 Å². The number of carbonyl (C=O) groups is 3. The second-order valence-electron chi connectivity index (χ2n) is 3.82. The van der Waals surface area contributed by atoms with Crippen LogP contribution < -0.4 is 16.0 Å². The van der Waals surface area contributed by atoms with E-state index in [0.29, 0.717) is 11.4 Å². The highest BCUT2D eigenvalue weighted by atomic mass is 16.2. The zero-order valence-electron chi connectivity index (χ0n) is 10.5. The van der Waals surface area contributed by atoms with Crippen LogP contribution in [0.15, 0.2) is 12.3 Å². The van der Waals surface area contributed by atoms with Crippen LogP contribution in [0, 0.1) is 0 Å². The van der Waals surface area contributed by atoms with Gasteiger partial charge in [-0.2, -0.15) is 0 Å². The van der Waals surface area contributed by atoms with E-state index in [1.54, 1.807) is 23.9 Å². The molecule has 98 valence electrons. The molecular weight excluding hydrogens is 236 g/mol. The van der Waals surface area contributed by atoms with Gasteiger partial charge >= 0.3 is 0 Å². The second kappa shape index (κ2) is 5.85. The van der Waals surface area contributed by atoms with Crippen LogP contribution in [0.2, 0.25) is 0 Å². The average molecular weight is 252 g/mol. The molecule has 3 N–H and O–H groups in total. The molecule has 0 unspecified atom stereocenters. The second-order valence-corrected chi connectivity index (χ2v) is 3.82. The predicted octanol–water partition coefficient (Wildman–Crippen LogP) is -0.193. The van der Waals surface area contributed by atoms with Crippen molar-refractivity contribution in [3.05, 3.63) is 18.0 Å². The maximum absolute atomic E-state index is 11.8. The lowest BCUT2D eigenvalue weighted by molar-refractivity contribution is -0.119. The number of rotatable bonds is 4. The first-order valence-corrected chi connectivity index (χ1v) is 5.36. The molecule has 0 saturated heterocycles. The first-order valence-electron chi connectivity index (χ1n) is 5.36. The zero-order chi connectivity index (χ0) is 13.7. The molecule has 0 fully saturated rings. The zero-order valence-corrected chi connectivity index (χ0v) is 10.5. The van der Waals surface area contributed by atoms with Crippen LogP contribution in [0.3, 0.4) is 0 Å². The van der Waals surface area contributed by atoms with E-state index in [-0.39, 0.29) is 24.4 Å². The molecule has 0 radical (unpaired) electrons. The summed E-state index contributed by atoms with van der Waals surface area (Å²) >= 11 is 0. The first kappa shape index (κ1) is 13.8. The molecule has 1 aromatic heterocycles. The van der Waals surface area contributed by atoms with E-state index in [2.05, 4.69) is 16.0 Å². The molecular formula is C11H16N4O3. The third-order valence-corrected chi connectivity index (χ3v) is 2.14. The van der Waals surface area contributed by atoms with E-state index in [0.717, 1.165) is 0 Å². The number of amides is 3. The van der Waals surface area contributed by atoms with Crippen molar-refractivity contribution < 1.29 is 14.4 Å². The fraction of sp³-hybridized carbons (Fsp3) is 0.364. The van der Waals surface area contributed by atoms with Gasteiger partial charge < -0.3 is 20.5 Å². The van der Waals surface area contributed by atoms with Gasteiger partial charge in [0, 0.05) is 27.1 Å². The van der Waals surface area contributed by atoms with E-state index >= 15 is 0 Å². The highest BCUT2D eigenvalue weighted by Crippen LogP contribution is 2.12. The van der Waals surface area contributed by atoms with Gasteiger partial charge in [0.15, 0.2) is 0 Å². The lowest BCUT2D eigenvalue weighted by Crippen LogP contribution is -2.36. The van der Waals surface area contributed by atoms with Gasteiger partial charge in [-0.25, -0.2) is 0 Å². The molecule has 0 aliphatic rings. The Hall–Kier alpha value is -2.31. The van der Waals surface area contributed by atoms with Crippen LogP contribution in [0.4, 0.5) is 5.69 Å². The standard InChI is InChI=1S/C11H16N4O3/c1-7(16)12-6-13-11(18)10-4-9(5-15(10)3)14-8(2)17/h4-5H,6H2,1-3H3,(H,12,16)(H,13,18)(H,14,17). The van der Waals surface area contributed by atoms with Gasteiger partial charge in [0.05, 0.1) is 12.4 Å². The summed E-state index contributed by atoms with van der Waals surface area (Å²) in [6.07, 6.45) is 1.63. The van der Waals surface area contributed by atoms with Crippen LogP contribution >= 0.6 is 0 Å². The van der Waals surface area contributed by atoms with Crippen LogP contribution in [0.1, 0.15) is 24.3 Å². The summed E-state index contributed by atoms with van der Waals surface area (Å²) in [4.78, 5) is 33.3. The van der Waals surface area contributed by atoms with Gasteiger partial charge in [-0.15, -0.1) is 0 Å². The lowest BCUT2D eigenvalue weighted by atomic mass is 10.4. The normalized spacial score (nSPS) is 9.72. The Labute approximate surface area is 105 Å². The number of nitrogens with one attached hydrogen (secondary N) is 3. The van der Waals surface area contributed by atoms with Crippen LogP contribution in [-0.2, 0) is 16.6 Å². The summed E-state index contributed by atoms with van der Waals surface area (Å²) < 4.78 is 1.59. The highest BCUT2D eigenvalue weighted by molar-refractivity contribution is 5.96. The predicted molar refractivity (Wildman–Crippen MR) is 65.9 cm³/mol. The smallest absolute Gasteiger partial charge is 0.269 e. The summed E-state index contributed by atoms with van der Waals surface area (Å²) in [5, 5.41) is 7.57. The molecule has 1 aromatic rings. The van der Waals surface area contributed by atoms with Crippen molar-refractivity contribution in [1.29, 1.82) is 0 Å². The molecule has 0 saturated carbocycles. The molecule has 3 amide bonds. The molecule has 0 aromatic carbocycles. The quantitative estimate of drug-likeness (QED) is 0.648. The summed E-state index contributed by atoms with van der Waals surface area (Å²) in [5.74, 6) is -0.755. The Morgan fingerprint density at radius 2 is 1.83 bits per heavy atom. The van der Waals surface area contributed by atoms with Crippen molar-refractivity contribution in [2.24, 2.45) is 7.05 Å². The molecule has 7 nitrogen and oxygen atoms in total. The minimum atomic E-state index is -0.331. The SMILES string of the molecule is CC(=O)NCNC(=O)c1cc(NC(C)=O)cn1C. The molecule has 7 heteroatoms. The van der Waals surface area contributed by atoms with E-state index in [1.807, 2.05) is 0 Å². The maximum Gasteiger partial charge on any atom is 0.269 e. The van der Waals surface area contributed by atoms with Gasteiger partial charge in [-0.05, 0) is 6.07 Å². The minimum absolute atomic E-state index is 0.0643. The summed E-state index contributed by atoms with van der Waals surface area (Å²) in [7, 11) is 1.69. The van der Waals surface area contributed by atoms with E-state index in [4.69, 9.17) is 0 Å². The number of anilines is 1. The summed E-state index contributed by atoms with van der Waals surface area (Å²) in [6, 6.07) is 1.56. The van der Waals surface area contributed by atoms with Crippen LogP contribution in [0.5, 0.6) is 0 Å². The number of aryl methyl sites for hydroxylation is 1. The van der Waals surface area contributed by atoms with Crippen molar-refractivity contribution in [2.75, 3.05) is 12.0 Å².